The van der Waals surface area contributed by atoms with Gasteiger partial charge >= 0.3 is 5.97 Å². The van der Waals surface area contributed by atoms with Gasteiger partial charge in [-0.1, -0.05) is 0 Å². The van der Waals surface area contributed by atoms with Crippen molar-refractivity contribution in [1.82, 2.24) is 0 Å². The minimum Gasteiger partial charge on any atom is -0.462 e. The maximum atomic E-state index is 11.0. The predicted molar refractivity (Wildman–Crippen MR) is 43.6 cm³/mol. The van der Waals surface area contributed by atoms with Gasteiger partial charge in [-0.2, -0.15) is 0 Å². The lowest BCUT2D eigenvalue weighted by molar-refractivity contribution is -0.149. The second kappa shape index (κ2) is 3.70. The first-order chi connectivity index (χ1) is 5.61. The molecule has 0 aromatic heterocycles. The lowest BCUT2D eigenvalue weighted by atomic mass is 10.0. The van der Waals surface area contributed by atoms with E-state index >= 15 is 0 Å². The SMILES string of the molecule is CC(=O)OC1CCCC1C(C)=O. The number of ether oxygens (including phenoxy) is 1. The van der Waals surface area contributed by atoms with Crippen molar-refractivity contribution in [2.24, 2.45) is 5.92 Å². The van der Waals surface area contributed by atoms with Crippen molar-refractivity contribution < 1.29 is 14.3 Å². The van der Waals surface area contributed by atoms with Crippen molar-refractivity contribution in [1.29, 1.82) is 0 Å². The average molecular weight is 170 g/mol. The molecular weight excluding hydrogens is 156 g/mol. The Labute approximate surface area is 72.1 Å². The molecule has 3 heteroatoms. The minimum absolute atomic E-state index is 0.0473. The van der Waals surface area contributed by atoms with Crippen LogP contribution < -0.4 is 0 Å². The van der Waals surface area contributed by atoms with Gasteiger partial charge in [0.05, 0.1) is 5.92 Å². The van der Waals surface area contributed by atoms with Crippen molar-refractivity contribution in [2.45, 2.75) is 39.2 Å². The third kappa shape index (κ3) is 2.06. The molecule has 1 fully saturated rings. The van der Waals surface area contributed by atoms with Crippen molar-refractivity contribution in [3.05, 3.63) is 0 Å². The summed E-state index contributed by atoms with van der Waals surface area (Å²) in [6.07, 6.45) is 2.54. The second-order valence-electron chi connectivity index (χ2n) is 3.30. The first-order valence-corrected chi connectivity index (χ1v) is 4.29. The van der Waals surface area contributed by atoms with Crippen LogP contribution in [0.3, 0.4) is 0 Å². The van der Waals surface area contributed by atoms with Gasteiger partial charge in [0.2, 0.25) is 0 Å². The molecule has 1 aliphatic rings. The van der Waals surface area contributed by atoms with Crippen LogP contribution in [-0.2, 0) is 14.3 Å². The maximum Gasteiger partial charge on any atom is 0.302 e. The molecule has 1 rings (SSSR count). The van der Waals surface area contributed by atoms with Crippen LogP contribution >= 0.6 is 0 Å². The van der Waals surface area contributed by atoms with Crippen molar-refractivity contribution in [3.63, 3.8) is 0 Å². The quantitative estimate of drug-likeness (QED) is 0.587. The molecule has 0 spiro atoms. The summed E-state index contributed by atoms with van der Waals surface area (Å²) in [7, 11) is 0. The van der Waals surface area contributed by atoms with Crippen LogP contribution in [0.2, 0.25) is 0 Å². The highest BCUT2D eigenvalue weighted by Crippen LogP contribution is 2.28. The zero-order valence-electron chi connectivity index (χ0n) is 7.50. The maximum absolute atomic E-state index is 11.0. The molecule has 0 aromatic carbocycles. The topological polar surface area (TPSA) is 43.4 Å². The van der Waals surface area contributed by atoms with Gasteiger partial charge < -0.3 is 4.74 Å². The molecule has 68 valence electrons. The third-order valence-corrected chi connectivity index (χ3v) is 2.29. The molecule has 1 aliphatic carbocycles. The minimum atomic E-state index is -0.284. The lowest BCUT2D eigenvalue weighted by Gasteiger charge is -2.16. The lowest BCUT2D eigenvalue weighted by Crippen LogP contribution is -2.25. The van der Waals surface area contributed by atoms with Crippen molar-refractivity contribution in [3.8, 4) is 0 Å². The molecule has 12 heavy (non-hydrogen) atoms. The van der Waals surface area contributed by atoms with E-state index in [2.05, 4.69) is 0 Å². The molecule has 0 bridgehead atoms. The summed E-state index contributed by atoms with van der Waals surface area (Å²) in [4.78, 5) is 21.7. The fraction of sp³-hybridized carbons (Fsp3) is 0.778. The van der Waals surface area contributed by atoms with Crippen LogP contribution in [0.5, 0.6) is 0 Å². The number of hydrogen-bond donors (Lipinski definition) is 0. The summed E-state index contributed by atoms with van der Waals surface area (Å²) in [6, 6.07) is 0. The fourth-order valence-corrected chi connectivity index (χ4v) is 1.75. The van der Waals surface area contributed by atoms with Crippen LogP contribution in [0.4, 0.5) is 0 Å². The fourth-order valence-electron chi connectivity index (χ4n) is 1.75. The highest BCUT2D eigenvalue weighted by atomic mass is 16.5. The molecular formula is C9H14O3. The van der Waals surface area contributed by atoms with Crippen LogP contribution in [0.25, 0.3) is 0 Å². The number of hydrogen-bond acceptors (Lipinski definition) is 3. The molecule has 0 aromatic rings. The highest BCUT2D eigenvalue weighted by molar-refractivity contribution is 5.79. The van der Waals surface area contributed by atoms with Crippen LogP contribution in [-0.4, -0.2) is 17.9 Å². The van der Waals surface area contributed by atoms with Gasteiger partial charge in [-0.3, -0.25) is 9.59 Å². The largest absolute Gasteiger partial charge is 0.462 e. The summed E-state index contributed by atoms with van der Waals surface area (Å²) >= 11 is 0. The van der Waals surface area contributed by atoms with E-state index in [0.29, 0.717) is 0 Å². The summed E-state index contributed by atoms with van der Waals surface area (Å²) in [5.74, 6) is -0.194. The number of carbonyl (C=O) groups is 2. The predicted octanol–water partition coefficient (Wildman–Crippen LogP) is 1.31. The van der Waals surface area contributed by atoms with E-state index in [0.717, 1.165) is 19.3 Å². The average Bonchev–Trinajstić information content (AvgIpc) is 2.33. The second-order valence-corrected chi connectivity index (χ2v) is 3.30. The number of ketones is 1. The van der Waals surface area contributed by atoms with Crippen LogP contribution in [0, 0.1) is 5.92 Å². The summed E-state index contributed by atoms with van der Waals surface area (Å²) < 4.78 is 5.03. The summed E-state index contributed by atoms with van der Waals surface area (Å²) in [6.45, 7) is 2.95. The van der Waals surface area contributed by atoms with E-state index in [1.807, 2.05) is 0 Å². The van der Waals surface area contributed by atoms with Gasteiger partial charge in [-0.15, -0.1) is 0 Å². The molecule has 0 saturated heterocycles. The Hall–Kier alpha value is -0.860. The molecule has 0 amide bonds. The van der Waals surface area contributed by atoms with Gasteiger partial charge in [0.25, 0.3) is 0 Å². The molecule has 3 nitrogen and oxygen atoms in total. The van der Waals surface area contributed by atoms with Crippen LogP contribution in [0.15, 0.2) is 0 Å². The van der Waals surface area contributed by atoms with Crippen molar-refractivity contribution >= 4 is 11.8 Å². The molecule has 2 atom stereocenters. The third-order valence-electron chi connectivity index (χ3n) is 2.29. The van der Waals surface area contributed by atoms with E-state index in [1.54, 1.807) is 6.92 Å². The first kappa shape index (κ1) is 9.23. The molecule has 0 N–H and O–H groups in total. The van der Waals surface area contributed by atoms with Gasteiger partial charge in [0.15, 0.2) is 0 Å². The number of rotatable bonds is 2. The Balaban J connectivity index is 2.52. The number of carbonyl (C=O) groups excluding carboxylic acids is 2. The van der Waals surface area contributed by atoms with Crippen molar-refractivity contribution in [2.75, 3.05) is 0 Å². The van der Waals surface area contributed by atoms with E-state index in [-0.39, 0.29) is 23.8 Å². The van der Waals surface area contributed by atoms with E-state index in [9.17, 15) is 9.59 Å². The van der Waals surface area contributed by atoms with Gasteiger partial charge in [-0.05, 0) is 26.2 Å². The highest BCUT2D eigenvalue weighted by Gasteiger charge is 2.32. The Morgan fingerprint density at radius 1 is 1.25 bits per heavy atom. The zero-order valence-corrected chi connectivity index (χ0v) is 7.50. The van der Waals surface area contributed by atoms with Gasteiger partial charge in [-0.25, -0.2) is 0 Å². The zero-order chi connectivity index (χ0) is 9.14. The number of esters is 1. The summed E-state index contributed by atoms with van der Waals surface area (Å²) in [5, 5.41) is 0. The molecule has 0 radical (unpaired) electrons. The molecule has 0 aliphatic heterocycles. The summed E-state index contributed by atoms with van der Waals surface area (Å²) in [5.41, 5.74) is 0. The standard InChI is InChI=1S/C9H14O3/c1-6(10)8-4-3-5-9(8)12-7(2)11/h8-9H,3-5H2,1-2H3. The monoisotopic (exact) mass is 170 g/mol. The Kier molecular flexibility index (Phi) is 2.84. The Bertz CT molecular complexity index is 198. The number of Topliss-reactive ketones (excluding diaryl/α,β-unsaturated/α-hetero) is 1. The Morgan fingerprint density at radius 3 is 2.42 bits per heavy atom. The smallest absolute Gasteiger partial charge is 0.302 e. The van der Waals surface area contributed by atoms with E-state index in [1.165, 1.54) is 6.92 Å². The first-order valence-electron chi connectivity index (χ1n) is 4.29. The molecule has 0 heterocycles. The van der Waals surface area contributed by atoms with Gasteiger partial charge in [0, 0.05) is 6.92 Å². The normalized spacial score (nSPS) is 28.5. The van der Waals surface area contributed by atoms with Gasteiger partial charge in [0.1, 0.15) is 11.9 Å². The van der Waals surface area contributed by atoms with Crippen LogP contribution in [0.1, 0.15) is 33.1 Å². The molecule has 2 unspecified atom stereocenters. The van der Waals surface area contributed by atoms with E-state index in [4.69, 9.17) is 4.74 Å². The molecule has 1 saturated carbocycles. The van der Waals surface area contributed by atoms with E-state index < -0.39 is 0 Å². The Morgan fingerprint density at radius 2 is 1.92 bits per heavy atom.